The highest BCUT2D eigenvalue weighted by atomic mass is 32.2. The second kappa shape index (κ2) is 7.08. The van der Waals surface area contributed by atoms with Gasteiger partial charge in [-0.3, -0.25) is 4.72 Å². The highest BCUT2D eigenvalue weighted by molar-refractivity contribution is 7.92. The van der Waals surface area contributed by atoms with Crippen LogP contribution in [0.5, 0.6) is 5.75 Å². The number of hydrogen-bond acceptors (Lipinski definition) is 6. The SMILES string of the molecule is COc1cccc(CCNc2ccc(NS(C)(=O)=O)nn2)c1. The van der Waals surface area contributed by atoms with Crippen LogP contribution < -0.4 is 14.8 Å². The van der Waals surface area contributed by atoms with Crippen LogP contribution in [0.15, 0.2) is 36.4 Å². The first-order valence-electron chi connectivity index (χ1n) is 6.64. The smallest absolute Gasteiger partial charge is 0.231 e. The number of rotatable bonds is 7. The first-order valence-corrected chi connectivity index (χ1v) is 8.54. The number of ether oxygens (including phenoxy) is 1. The molecular weight excluding hydrogens is 304 g/mol. The molecule has 22 heavy (non-hydrogen) atoms. The van der Waals surface area contributed by atoms with Gasteiger partial charge in [0.1, 0.15) is 11.6 Å². The molecule has 118 valence electrons. The molecule has 2 N–H and O–H groups in total. The van der Waals surface area contributed by atoms with Gasteiger partial charge in [-0.15, -0.1) is 10.2 Å². The van der Waals surface area contributed by atoms with Crippen molar-refractivity contribution in [1.82, 2.24) is 10.2 Å². The average molecular weight is 322 g/mol. The largest absolute Gasteiger partial charge is 0.497 e. The number of aromatic nitrogens is 2. The van der Waals surface area contributed by atoms with Gasteiger partial charge in [-0.05, 0) is 36.2 Å². The van der Waals surface area contributed by atoms with Crippen LogP contribution in [-0.2, 0) is 16.4 Å². The molecule has 0 atom stereocenters. The minimum atomic E-state index is -3.33. The summed E-state index contributed by atoms with van der Waals surface area (Å²) in [5.41, 5.74) is 1.15. The van der Waals surface area contributed by atoms with Crippen LogP contribution in [0.2, 0.25) is 0 Å². The predicted octanol–water partition coefficient (Wildman–Crippen LogP) is 1.51. The van der Waals surface area contributed by atoms with Gasteiger partial charge < -0.3 is 10.1 Å². The van der Waals surface area contributed by atoms with E-state index in [4.69, 9.17) is 4.74 Å². The maximum Gasteiger partial charge on any atom is 0.231 e. The van der Waals surface area contributed by atoms with Crippen molar-refractivity contribution in [2.24, 2.45) is 0 Å². The molecule has 0 aliphatic carbocycles. The summed E-state index contributed by atoms with van der Waals surface area (Å²) in [5, 5.41) is 10.8. The second-order valence-corrected chi connectivity index (χ2v) is 6.45. The summed E-state index contributed by atoms with van der Waals surface area (Å²) in [6, 6.07) is 11.1. The molecule has 0 amide bonds. The summed E-state index contributed by atoms with van der Waals surface area (Å²) in [6.07, 6.45) is 1.87. The molecule has 1 heterocycles. The lowest BCUT2D eigenvalue weighted by atomic mass is 10.1. The molecule has 0 saturated carbocycles. The van der Waals surface area contributed by atoms with Crippen molar-refractivity contribution >= 4 is 21.7 Å². The molecule has 0 spiro atoms. The monoisotopic (exact) mass is 322 g/mol. The van der Waals surface area contributed by atoms with Crippen LogP contribution in [0.3, 0.4) is 0 Å². The molecule has 0 radical (unpaired) electrons. The fourth-order valence-corrected chi connectivity index (χ4v) is 2.32. The molecule has 0 aliphatic rings. The van der Waals surface area contributed by atoms with E-state index in [1.807, 2.05) is 24.3 Å². The number of anilines is 2. The van der Waals surface area contributed by atoms with E-state index in [9.17, 15) is 8.42 Å². The van der Waals surface area contributed by atoms with Gasteiger partial charge in [-0.2, -0.15) is 0 Å². The first kappa shape index (κ1) is 16.0. The zero-order chi connectivity index (χ0) is 16.0. The Bertz CT molecular complexity index is 717. The minimum Gasteiger partial charge on any atom is -0.497 e. The van der Waals surface area contributed by atoms with E-state index < -0.39 is 10.0 Å². The number of sulfonamides is 1. The van der Waals surface area contributed by atoms with Gasteiger partial charge in [0.15, 0.2) is 5.82 Å². The Kier molecular flexibility index (Phi) is 5.16. The number of methoxy groups -OCH3 is 1. The van der Waals surface area contributed by atoms with E-state index in [2.05, 4.69) is 20.2 Å². The molecule has 1 aromatic carbocycles. The molecule has 2 aromatic rings. The normalized spacial score (nSPS) is 11.0. The molecule has 0 saturated heterocycles. The fraction of sp³-hybridized carbons (Fsp3) is 0.286. The van der Waals surface area contributed by atoms with E-state index in [0.29, 0.717) is 12.4 Å². The number of nitrogens with one attached hydrogen (secondary N) is 2. The summed E-state index contributed by atoms with van der Waals surface area (Å²) in [4.78, 5) is 0. The summed E-state index contributed by atoms with van der Waals surface area (Å²) >= 11 is 0. The summed E-state index contributed by atoms with van der Waals surface area (Å²) < 4.78 is 29.6. The summed E-state index contributed by atoms with van der Waals surface area (Å²) in [5.74, 6) is 1.61. The molecule has 0 aliphatic heterocycles. The Morgan fingerprint density at radius 2 is 1.86 bits per heavy atom. The van der Waals surface area contributed by atoms with Crippen molar-refractivity contribution in [3.8, 4) is 5.75 Å². The second-order valence-electron chi connectivity index (χ2n) is 4.71. The van der Waals surface area contributed by atoms with Gasteiger partial charge in [0.05, 0.1) is 13.4 Å². The fourth-order valence-electron chi connectivity index (χ4n) is 1.83. The van der Waals surface area contributed by atoms with Crippen LogP contribution >= 0.6 is 0 Å². The Morgan fingerprint density at radius 1 is 1.14 bits per heavy atom. The molecule has 0 bridgehead atoms. The Hall–Kier alpha value is -2.35. The van der Waals surface area contributed by atoms with Gasteiger partial charge in [0, 0.05) is 6.54 Å². The number of hydrogen-bond donors (Lipinski definition) is 2. The highest BCUT2D eigenvalue weighted by Gasteiger charge is 2.03. The third-order valence-corrected chi connectivity index (χ3v) is 3.39. The predicted molar refractivity (Wildman–Crippen MR) is 85.7 cm³/mol. The van der Waals surface area contributed by atoms with Crippen LogP contribution in [0.25, 0.3) is 0 Å². The third-order valence-electron chi connectivity index (χ3n) is 2.81. The molecule has 1 aromatic heterocycles. The Morgan fingerprint density at radius 3 is 2.50 bits per heavy atom. The standard InChI is InChI=1S/C14H18N4O3S/c1-21-12-5-3-4-11(10-12)8-9-15-13-6-7-14(17-16-13)18-22(2,19)20/h3-7,10H,8-9H2,1-2H3,(H,15,16)(H,17,18). The van der Waals surface area contributed by atoms with E-state index >= 15 is 0 Å². The lowest BCUT2D eigenvalue weighted by Gasteiger charge is -2.07. The quantitative estimate of drug-likeness (QED) is 0.802. The van der Waals surface area contributed by atoms with Crippen LogP contribution in [0, 0.1) is 0 Å². The van der Waals surface area contributed by atoms with Gasteiger partial charge in [-0.25, -0.2) is 8.42 Å². The Balaban J connectivity index is 1.86. The first-order chi connectivity index (χ1) is 10.5. The van der Waals surface area contributed by atoms with Gasteiger partial charge >= 0.3 is 0 Å². The maximum atomic E-state index is 11.1. The Labute approximate surface area is 129 Å². The van der Waals surface area contributed by atoms with Gasteiger partial charge in [0.25, 0.3) is 0 Å². The topological polar surface area (TPSA) is 93.2 Å². The minimum absolute atomic E-state index is 0.195. The van der Waals surface area contributed by atoms with Crippen molar-refractivity contribution in [3.63, 3.8) is 0 Å². The van der Waals surface area contributed by atoms with E-state index in [0.717, 1.165) is 24.0 Å². The van der Waals surface area contributed by atoms with Crippen molar-refractivity contribution in [2.45, 2.75) is 6.42 Å². The van der Waals surface area contributed by atoms with E-state index in [-0.39, 0.29) is 5.82 Å². The number of nitrogens with zero attached hydrogens (tertiary/aromatic N) is 2. The van der Waals surface area contributed by atoms with Crippen LogP contribution in [0.4, 0.5) is 11.6 Å². The van der Waals surface area contributed by atoms with E-state index in [1.165, 1.54) is 0 Å². The molecular formula is C14H18N4O3S. The van der Waals surface area contributed by atoms with Crippen LogP contribution in [-0.4, -0.2) is 38.5 Å². The maximum absolute atomic E-state index is 11.1. The molecule has 0 fully saturated rings. The van der Waals surface area contributed by atoms with Gasteiger partial charge in [0.2, 0.25) is 10.0 Å². The van der Waals surface area contributed by atoms with Crippen molar-refractivity contribution in [2.75, 3.05) is 29.9 Å². The lowest BCUT2D eigenvalue weighted by Crippen LogP contribution is -2.12. The molecule has 8 heteroatoms. The lowest BCUT2D eigenvalue weighted by molar-refractivity contribution is 0.414. The summed E-state index contributed by atoms with van der Waals surface area (Å²) in [7, 11) is -1.70. The average Bonchev–Trinajstić information content (AvgIpc) is 2.48. The van der Waals surface area contributed by atoms with E-state index in [1.54, 1.807) is 19.2 Å². The highest BCUT2D eigenvalue weighted by Crippen LogP contribution is 2.13. The molecule has 0 unspecified atom stereocenters. The van der Waals surface area contributed by atoms with Crippen molar-refractivity contribution in [3.05, 3.63) is 42.0 Å². The molecule has 2 rings (SSSR count). The zero-order valence-electron chi connectivity index (χ0n) is 12.4. The third kappa shape index (κ3) is 5.21. The molecule has 7 nitrogen and oxygen atoms in total. The van der Waals surface area contributed by atoms with Crippen LogP contribution in [0.1, 0.15) is 5.56 Å². The zero-order valence-corrected chi connectivity index (χ0v) is 13.2. The number of benzene rings is 1. The van der Waals surface area contributed by atoms with Gasteiger partial charge in [-0.1, -0.05) is 12.1 Å². The summed E-state index contributed by atoms with van der Waals surface area (Å²) in [6.45, 7) is 0.681. The van der Waals surface area contributed by atoms with Crippen molar-refractivity contribution in [1.29, 1.82) is 0 Å². The van der Waals surface area contributed by atoms with Crippen molar-refractivity contribution < 1.29 is 13.2 Å².